The molecule has 0 fully saturated rings. The van der Waals surface area contributed by atoms with Gasteiger partial charge in [-0.1, -0.05) is 29.5 Å². The average Bonchev–Trinajstić information content (AvgIpc) is 3.33. The summed E-state index contributed by atoms with van der Waals surface area (Å²) in [5.74, 6) is -0.319. The van der Waals surface area contributed by atoms with Crippen LogP contribution in [0.2, 0.25) is 0 Å². The van der Waals surface area contributed by atoms with Gasteiger partial charge in [0.15, 0.2) is 5.13 Å². The molecular formula is C22H19N3O3S2. The maximum atomic E-state index is 12.7. The van der Waals surface area contributed by atoms with E-state index in [9.17, 15) is 13.2 Å². The molecule has 0 saturated heterocycles. The number of sulfonamides is 1. The van der Waals surface area contributed by atoms with Crippen LogP contribution >= 0.6 is 11.3 Å². The Bertz CT molecular complexity index is 1420. The summed E-state index contributed by atoms with van der Waals surface area (Å²) >= 11 is 1.45. The largest absolute Gasteiger partial charge is 0.298 e. The summed E-state index contributed by atoms with van der Waals surface area (Å²) in [5, 5.41) is 5.81. The Kier molecular flexibility index (Phi) is 4.39. The first-order valence-electron chi connectivity index (χ1n) is 9.52. The third kappa shape index (κ3) is 2.99. The van der Waals surface area contributed by atoms with Crippen LogP contribution in [-0.2, 0) is 22.9 Å². The van der Waals surface area contributed by atoms with Crippen LogP contribution in [-0.4, -0.2) is 37.7 Å². The molecule has 8 heteroatoms. The fourth-order valence-corrected chi connectivity index (χ4v) is 5.76. The number of nitrogens with one attached hydrogen (secondary N) is 1. The number of anilines is 1. The Morgan fingerprint density at radius 1 is 1.07 bits per heavy atom. The number of hydrogen-bond donors (Lipinski definition) is 1. The molecule has 1 N–H and O–H groups in total. The van der Waals surface area contributed by atoms with Gasteiger partial charge in [0, 0.05) is 25.0 Å². The van der Waals surface area contributed by atoms with E-state index >= 15 is 0 Å². The van der Waals surface area contributed by atoms with Crippen LogP contribution < -0.4 is 5.32 Å². The van der Waals surface area contributed by atoms with Gasteiger partial charge in [-0.05, 0) is 59.7 Å². The van der Waals surface area contributed by atoms with Crippen LogP contribution in [0.15, 0.2) is 53.4 Å². The lowest BCUT2D eigenvalue weighted by Crippen LogP contribution is -2.22. The van der Waals surface area contributed by atoms with E-state index in [1.54, 1.807) is 0 Å². The highest BCUT2D eigenvalue weighted by Gasteiger charge is 2.20. The van der Waals surface area contributed by atoms with Gasteiger partial charge < -0.3 is 0 Å². The minimum atomic E-state index is -3.53. The van der Waals surface area contributed by atoms with E-state index in [1.165, 1.54) is 66.2 Å². The standard InChI is InChI=1S/C22H19N3O3S2/c1-25(2)30(27,28)16-10-8-14(9-11-16)21(26)24-22-23-20-17-5-3-4-13-6-7-15(19(13)17)12-18(20)29-22/h3-5,8-12H,6-7H2,1-2H3,(H,23,24,26). The Hall–Kier alpha value is -2.81. The summed E-state index contributed by atoms with van der Waals surface area (Å²) < 4.78 is 26.6. The molecule has 1 aromatic heterocycles. The fraction of sp³-hybridized carbons (Fsp3) is 0.182. The second-order valence-corrected chi connectivity index (χ2v) is 10.7. The van der Waals surface area contributed by atoms with Crippen molar-refractivity contribution in [1.29, 1.82) is 0 Å². The van der Waals surface area contributed by atoms with E-state index in [0.29, 0.717) is 10.7 Å². The summed E-state index contributed by atoms with van der Waals surface area (Å²) in [5.41, 5.74) is 3.98. The molecule has 4 aromatic rings. The minimum absolute atomic E-state index is 0.147. The number of aromatic nitrogens is 1. The maximum Gasteiger partial charge on any atom is 0.257 e. The van der Waals surface area contributed by atoms with E-state index in [1.807, 2.05) is 0 Å². The first-order chi connectivity index (χ1) is 14.3. The second-order valence-electron chi connectivity index (χ2n) is 7.51. The van der Waals surface area contributed by atoms with Gasteiger partial charge in [-0.3, -0.25) is 10.1 Å². The van der Waals surface area contributed by atoms with Gasteiger partial charge in [0.05, 0.1) is 15.1 Å². The number of aryl methyl sites for hydroxylation is 2. The van der Waals surface area contributed by atoms with Crippen LogP contribution in [0.1, 0.15) is 21.5 Å². The SMILES string of the molecule is CN(C)S(=O)(=O)c1ccc(C(=O)Nc2nc3c(cc4c5c(cccc53)CC4)s2)cc1. The molecule has 3 aromatic carbocycles. The number of rotatable bonds is 4. The molecule has 1 aliphatic carbocycles. The van der Waals surface area contributed by atoms with Crippen LogP contribution in [0.4, 0.5) is 5.13 Å². The molecule has 6 nitrogen and oxygen atoms in total. The van der Waals surface area contributed by atoms with E-state index in [0.717, 1.165) is 32.7 Å². The molecule has 0 spiro atoms. The molecule has 5 rings (SSSR count). The number of carbonyl (C=O) groups excluding carboxylic acids is 1. The summed E-state index contributed by atoms with van der Waals surface area (Å²) in [7, 11) is -0.582. The van der Waals surface area contributed by atoms with Crippen molar-refractivity contribution in [3.63, 3.8) is 0 Å². The van der Waals surface area contributed by atoms with Crippen molar-refractivity contribution in [3.05, 3.63) is 65.2 Å². The summed E-state index contributed by atoms with van der Waals surface area (Å²) in [6.07, 6.45) is 2.10. The normalized spacial score (nSPS) is 13.4. The van der Waals surface area contributed by atoms with Crippen LogP contribution in [0, 0.1) is 0 Å². The van der Waals surface area contributed by atoms with E-state index in [-0.39, 0.29) is 10.8 Å². The van der Waals surface area contributed by atoms with Crippen molar-refractivity contribution in [2.24, 2.45) is 0 Å². The summed E-state index contributed by atoms with van der Waals surface area (Å²) in [4.78, 5) is 17.5. The van der Waals surface area contributed by atoms with Gasteiger partial charge in [0.25, 0.3) is 5.91 Å². The topological polar surface area (TPSA) is 79.4 Å². The predicted molar refractivity (Wildman–Crippen MR) is 120 cm³/mol. The Morgan fingerprint density at radius 3 is 2.53 bits per heavy atom. The third-order valence-corrected chi connectivity index (χ3v) is 8.21. The van der Waals surface area contributed by atoms with Crippen molar-refractivity contribution in [2.75, 3.05) is 19.4 Å². The quantitative estimate of drug-likeness (QED) is 0.522. The number of amides is 1. The smallest absolute Gasteiger partial charge is 0.257 e. The number of nitrogens with zero attached hydrogens (tertiary/aromatic N) is 2. The van der Waals surface area contributed by atoms with Gasteiger partial charge >= 0.3 is 0 Å². The molecule has 1 aliphatic rings. The average molecular weight is 438 g/mol. The Balaban J connectivity index is 1.45. The van der Waals surface area contributed by atoms with Crippen molar-refractivity contribution in [2.45, 2.75) is 17.7 Å². The lowest BCUT2D eigenvalue weighted by molar-refractivity contribution is 0.102. The predicted octanol–water partition coefficient (Wildman–Crippen LogP) is 4.05. The number of benzene rings is 3. The van der Waals surface area contributed by atoms with Gasteiger partial charge in [0.2, 0.25) is 10.0 Å². The monoisotopic (exact) mass is 437 g/mol. The number of fused-ring (bicyclic) bond motifs is 2. The van der Waals surface area contributed by atoms with Gasteiger partial charge in [-0.25, -0.2) is 17.7 Å². The third-order valence-electron chi connectivity index (χ3n) is 5.46. The van der Waals surface area contributed by atoms with Gasteiger partial charge in [0.1, 0.15) is 0 Å². The zero-order chi connectivity index (χ0) is 21.0. The molecule has 1 heterocycles. The summed E-state index contributed by atoms with van der Waals surface area (Å²) in [6, 6.07) is 14.4. The van der Waals surface area contributed by atoms with Crippen LogP contribution in [0.5, 0.6) is 0 Å². The van der Waals surface area contributed by atoms with Crippen molar-refractivity contribution < 1.29 is 13.2 Å². The lowest BCUT2D eigenvalue weighted by atomic mass is 10.0. The van der Waals surface area contributed by atoms with Crippen molar-refractivity contribution in [3.8, 4) is 0 Å². The minimum Gasteiger partial charge on any atom is -0.298 e. The number of thiazole rings is 1. The first-order valence-corrected chi connectivity index (χ1v) is 11.8. The maximum absolute atomic E-state index is 12.7. The zero-order valence-corrected chi connectivity index (χ0v) is 18.1. The highest BCUT2D eigenvalue weighted by atomic mass is 32.2. The van der Waals surface area contributed by atoms with Crippen molar-refractivity contribution in [1.82, 2.24) is 9.29 Å². The second kappa shape index (κ2) is 6.87. The number of carbonyl (C=O) groups is 1. The molecule has 0 saturated carbocycles. The molecular weight excluding hydrogens is 418 g/mol. The Labute approximate surface area is 178 Å². The van der Waals surface area contributed by atoms with Gasteiger partial charge in [-0.2, -0.15) is 0 Å². The van der Waals surface area contributed by atoms with E-state index in [2.05, 4.69) is 34.6 Å². The fourth-order valence-electron chi connectivity index (χ4n) is 3.92. The van der Waals surface area contributed by atoms with E-state index < -0.39 is 10.0 Å². The molecule has 0 bridgehead atoms. The first kappa shape index (κ1) is 19.2. The van der Waals surface area contributed by atoms with Crippen molar-refractivity contribution >= 4 is 53.4 Å². The highest BCUT2D eigenvalue weighted by Crippen LogP contribution is 2.39. The molecule has 0 radical (unpaired) electrons. The summed E-state index contributed by atoms with van der Waals surface area (Å²) in [6.45, 7) is 0. The molecule has 152 valence electrons. The van der Waals surface area contributed by atoms with Crippen LogP contribution in [0.25, 0.3) is 21.0 Å². The van der Waals surface area contributed by atoms with Crippen LogP contribution in [0.3, 0.4) is 0 Å². The molecule has 0 aliphatic heterocycles. The Morgan fingerprint density at radius 2 is 1.80 bits per heavy atom. The lowest BCUT2D eigenvalue weighted by Gasteiger charge is -2.11. The molecule has 0 unspecified atom stereocenters. The zero-order valence-electron chi connectivity index (χ0n) is 16.5. The molecule has 0 atom stereocenters. The van der Waals surface area contributed by atoms with Gasteiger partial charge in [-0.15, -0.1) is 0 Å². The molecule has 30 heavy (non-hydrogen) atoms. The number of hydrogen-bond acceptors (Lipinski definition) is 5. The highest BCUT2D eigenvalue weighted by molar-refractivity contribution is 7.89. The molecule has 1 amide bonds. The van der Waals surface area contributed by atoms with E-state index in [4.69, 9.17) is 0 Å².